The van der Waals surface area contributed by atoms with E-state index in [4.69, 9.17) is 9.26 Å². The first-order valence-electron chi connectivity index (χ1n) is 6.36. The number of hydrogen-bond donors (Lipinski definition) is 1. The van der Waals surface area contributed by atoms with E-state index >= 15 is 0 Å². The number of piperidine rings is 1. The fourth-order valence-electron chi connectivity index (χ4n) is 2.25. The second kappa shape index (κ2) is 6.12. The van der Waals surface area contributed by atoms with Gasteiger partial charge in [0.25, 0.3) is 0 Å². The number of rotatable bonds is 5. The first-order chi connectivity index (χ1) is 8.31. The van der Waals surface area contributed by atoms with Gasteiger partial charge in [0, 0.05) is 20.1 Å². The van der Waals surface area contributed by atoms with Crippen molar-refractivity contribution in [3.8, 4) is 0 Å². The standard InChI is InChI=1S/C12H21N3O2/c1-9-5-3-7-13-11(9)12-14-10(15-17-12)6-4-8-16-2/h9,11,13H,3-8H2,1-2H3. The molecule has 0 amide bonds. The van der Waals surface area contributed by atoms with Crippen molar-refractivity contribution in [1.29, 1.82) is 0 Å². The highest BCUT2D eigenvalue weighted by Crippen LogP contribution is 2.27. The van der Waals surface area contributed by atoms with E-state index in [0.717, 1.165) is 37.7 Å². The third-order valence-electron chi connectivity index (χ3n) is 3.27. The highest BCUT2D eigenvalue weighted by molar-refractivity contribution is 4.96. The maximum absolute atomic E-state index is 5.34. The minimum atomic E-state index is 0.229. The molecule has 1 N–H and O–H groups in total. The molecule has 5 heteroatoms. The number of nitrogens with zero attached hydrogens (tertiary/aromatic N) is 2. The van der Waals surface area contributed by atoms with Crippen molar-refractivity contribution >= 4 is 0 Å². The summed E-state index contributed by atoms with van der Waals surface area (Å²) in [6, 6.07) is 0.229. The lowest BCUT2D eigenvalue weighted by Gasteiger charge is -2.26. The van der Waals surface area contributed by atoms with Gasteiger partial charge in [-0.05, 0) is 31.7 Å². The van der Waals surface area contributed by atoms with E-state index in [-0.39, 0.29) is 6.04 Å². The Morgan fingerprint density at radius 2 is 2.41 bits per heavy atom. The summed E-state index contributed by atoms with van der Waals surface area (Å²) in [5, 5.41) is 7.46. The molecule has 2 unspecified atom stereocenters. The molecule has 0 saturated carbocycles. The summed E-state index contributed by atoms with van der Waals surface area (Å²) in [4.78, 5) is 4.46. The average molecular weight is 239 g/mol. The molecular weight excluding hydrogens is 218 g/mol. The van der Waals surface area contributed by atoms with E-state index in [9.17, 15) is 0 Å². The summed E-state index contributed by atoms with van der Waals surface area (Å²) in [7, 11) is 1.70. The van der Waals surface area contributed by atoms with Crippen LogP contribution in [0.15, 0.2) is 4.52 Å². The van der Waals surface area contributed by atoms with Crippen LogP contribution in [0, 0.1) is 5.92 Å². The van der Waals surface area contributed by atoms with E-state index in [2.05, 4.69) is 22.4 Å². The Balaban J connectivity index is 1.92. The van der Waals surface area contributed by atoms with Gasteiger partial charge in [0.1, 0.15) is 0 Å². The fraction of sp³-hybridized carbons (Fsp3) is 0.833. The van der Waals surface area contributed by atoms with E-state index in [1.165, 1.54) is 12.8 Å². The van der Waals surface area contributed by atoms with Crippen molar-refractivity contribution in [2.24, 2.45) is 5.92 Å². The Kier molecular flexibility index (Phi) is 4.50. The molecule has 17 heavy (non-hydrogen) atoms. The normalized spacial score (nSPS) is 25.1. The summed E-state index contributed by atoms with van der Waals surface area (Å²) in [5.74, 6) is 2.09. The number of methoxy groups -OCH3 is 1. The lowest BCUT2D eigenvalue weighted by atomic mass is 9.93. The number of aryl methyl sites for hydroxylation is 1. The average Bonchev–Trinajstić information content (AvgIpc) is 2.79. The van der Waals surface area contributed by atoms with Crippen LogP contribution < -0.4 is 5.32 Å². The molecule has 0 aromatic carbocycles. The smallest absolute Gasteiger partial charge is 0.244 e. The third kappa shape index (κ3) is 3.26. The summed E-state index contributed by atoms with van der Waals surface area (Å²) >= 11 is 0. The SMILES string of the molecule is COCCCc1noc(C2NCCCC2C)n1. The summed E-state index contributed by atoms with van der Waals surface area (Å²) in [6.45, 7) is 4.00. The van der Waals surface area contributed by atoms with Crippen molar-refractivity contribution in [2.75, 3.05) is 20.3 Å². The highest BCUT2D eigenvalue weighted by Gasteiger charge is 2.27. The molecule has 0 spiro atoms. The molecular formula is C12H21N3O2. The van der Waals surface area contributed by atoms with Gasteiger partial charge >= 0.3 is 0 Å². The number of hydrogen-bond acceptors (Lipinski definition) is 5. The molecule has 96 valence electrons. The summed E-state index contributed by atoms with van der Waals surface area (Å²) in [5.41, 5.74) is 0. The van der Waals surface area contributed by atoms with E-state index in [1.807, 2.05) is 0 Å². The molecule has 0 bridgehead atoms. The molecule has 0 aliphatic carbocycles. The Bertz CT molecular complexity index is 340. The molecule has 1 aromatic rings. The summed E-state index contributed by atoms with van der Waals surface area (Å²) < 4.78 is 10.3. The Morgan fingerprint density at radius 1 is 1.53 bits per heavy atom. The van der Waals surface area contributed by atoms with Gasteiger partial charge in [0.2, 0.25) is 5.89 Å². The fourth-order valence-corrected chi connectivity index (χ4v) is 2.25. The number of nitrogens with one attached hydrogen (secondary N) is 1. The summed E-state index contributed by atoms with van der Waals surface area (Å²) in [6.07, 6.45) is 4.20. The predicted octanol–water partition coefficient (Wildman–Crippen LogP) is 1.71. The molecule has 1 saturated heterocycles. The zero-order valence-corrected chi connectivity index (χ0v) is 10.6. The lowest BCUT2D eigenvalue weighted by Crippen LogP contribution is -2.33. The van der Waals surface area contributed by atoms with E-state index in [0.29, 0.717) is 5.92 Å². The topological polar surface area (TPSA) is 60.2 Å². The maximum Gasteiger partial charge on any atom is 0.244 e. The zero-order chi connectivity index (χ0) is 12.1. The molecule has 1 aliphatic rings. The van der Waals surface area contributed by atoms with Crippen molar-refractivity contribution in [3.05, 3.63) is 11.7 Å². The molecule has 2 atom stereocenters. The lowest BCUT2D eigenvalue weighted by molar-refractivity contribution is 0.194. The molecule has 1 aromatic heterocycles. The molecule has 5 nitrogen and oxygen atoms in total. The second-order valence-electron chi connectivity index (χ2n) is 4.70. The van der Waals surface area contributed by atoms with Crippen molar-refractivity contribution in [3.63, 3.8) is 0 Å². The molecule has 2 rings (SSSR count). The van der Waals surface area contributed by atoms with Gasteiger partial charge in [-0.2, -0.15) is 4.98 Å². The van der Waals surface area contributed by atoms with Crippen LogP contribution in [0.3, 0.4) is 0 Å². The van der Waals surface area contributed by atoms with Crippen LogP contribution in [0.4, 0.5) is 0 Å². The first-order valence-corrected chi connectivity index (χ1v) is 6.36. The van der Waals surface area contributed by atoms with Crippen LogP contribution >= 0.6 is 0 Å². The van der Waals surface area contributed by atoms with Gasteiger partial charge in [0.05, 0.1) is 6.04 Å². The largest absolute Gasteiger partial charge is 0.385 e. The predicted molar refractivity (Wildman–Crippen MR) is 63.6 cm³/mol. The quantitative estimate of drug-likeness (QED) is 0.793. The minimum absolute atomic E-state index is 0.229. The monoisotopic (exact) mass is 239 g/mol. The Hall–Kier alpha value is -0.940. The van der Waals surface area contributed by atoms with Gasteiger partial charge < -0.3 is 14.6 Å². The van der Waals surface area contributed by atoms with Crippen LogP contribution in [-0.2, 0) is 11.2 Å². The van der Waals surface area contributed by atoms with Crippen LogP contribution in [-0.4, -0.2) is 30.4 Å². The van der Waals surface area contributed by atoms with Gasteiger partial charge in [-0.3, -0.25) is 0 Å². The molecule has 2 heterocycles. The van der Waals surface area contributed by atoms with Gasteiger partial charge in [-0.15, -0.1) is 0 Å². The second-order valence-corrected chi connectivity index (χ2v) is 4.70. The maximum atomic E-state index is 5.34. The minimum Gasteiger partial charge on any atom is -0.385 e. The number of ether oxygens (including phenoxy) is 1. The van der Waals surface area contributed by atoms with Crippen molar-refractivity contribution in [1.82, 2.24) is 15.5 Å². The zero-order valence-electron chi connectivity index (χ0n) is 10.6. The van der Waals surface area contributed by atoms with E-state index < -0.39 is 0 Å². The van der Waals surface area contributed by atoms with Gasteiger partial charge in [-0.25, -0.2) is 0 Å². The van der Waals surface area contributed by atoms with Gasteiger partial charge in [0.15, 0.2) is 5.82 Å². The van der Waals surface area contributed by atoms with Crippen LogP contribution in [0.1, 0.15) is 43.9 Å². The van der Waals surface area contributed by atoms with Crippen molar-refractivity contribution in [2.45, 2.75) is 38.6 Å². The third-order valence-corrected chi connectivity index (χ3v) is 3.27. The van der Waals surface area contributed by atoms with Crippen LogP contribution in [0.25, 0.3) is 0 Å². The Labute approximate surface area is 102 Å². The highest BCUT2D eigenvalue weighted by atomic mass is 16.5. The van der Waals surface area contributed by atoms with Crippen LogP contribution in [0.2, 0.25) is 0 Å². The number of aromatic nitrogens is 2. The van der Waals surface area contributed by atoms with Crippen molar-refractivity contribution < 1.29 is 9.26 Å². The molecule has 1 aliphatic heterocycles. The molecule has 1 fully saturated rings. The van der Waals surface area contributed by atoms with Crippen LogP contribution in [0.5, 0.6) is 0 Å². The first kappa shape index (κ1) is 12.5. The van der Waals surface area contributed by atoms with Gasteiger partial charge in [-0.1, -0.05) is 12.1 Å². The Morgan fingerprint density at radius 3 is 3.18 bits per heavy atom. The van der Waals surface area contributed by atoms with E-state index in [1.54, 1.807) is 7.11 Å². The molecule has 0 radical (unpaired) electrons.